The molecule has 2 aromatic rings. The molecular weight excluding hydrogens is 417 g/mol. The first-order valence-electron chi connectivity index (χ1n) is 7.45. The molecule has 1 aliphatic heterocycles. The summed E-state index contributed by atoms with van der Waals surface area (Å²) in [6.07, 6.45) is 4.13. The normalized spacial score (nSPS) is 21.7. The SMILES string of the molecule is CS(=O)(=O)N1CC(CF)C(Nc2c(C(N)=O)cnn3cc(Br)cc23)C1. The molecule has 1 amide bonds. The summed E-state index contributed by atoms with van der Waals surface area (Å²) in [4.78, 5) is 11.8. The molecule has 2 atom stereocenters. The Morgan fingerprint density at radius 2 is 2.24 bits per heavy atom. The molecule has 11 heteroatoms. The predicted octanol–water partition coefficient (Wildman–Crippen LogP) is 0.837. The van der Waals surface area contributed by atoms with Gasteiger partial charge in [-0.25, -0.2) is 12.9 Å². The van der Waals surface area contributed by atoms with Crippen LogP contribution in [0.25, 0.3) is 5.52 Å². The maximum Gasteiger partial charge on any atom is 0.252 e. The summed E-state index contributed by atoms with van der Waals surface area (Å²) in [5.74, 6) is -1.20. The van der Waals surface area contributed by atoms with Gasteiger partial charge >= 0.3 is 0 Å². The van der Waals surface area contributed by atoms with E-state index in [-0.39, 0.29) is 18.7 Å². The molecule has 1 aliphatic rings. The molecule has 0 saturated carbocycles. The van der Waals surface area contributed by atoms with Gasteiger partial charge in [-0.15, -0.1) is 0 Å². The number of primary amides is 1. The number of carbonyl (C=O) groups excluding carboxylic acids is 1. The van der Waals surface area contributed by atoms with Crippen molar-refractivity contribution in [2.45, 2.75) is 6.04 Å². The average molecular weight is 434 g/mol. The topological polar surface area (TPSA) is 110 Å². The lowest BCUT2D eigenvalue weighted by atomic mass is 10.0. The number of carbonyl (C=O) groups is 1. The van der Waals surface area contributed by atoms with Crippen LogP contribution in [-0.2, 0) is 10.0 Å². The number of hydrogen-bond acceptors (Lipinski definition) is 5. The second-order valence-electron chi connectivity index (χ2n) is 6.03. The third kappa shape index (κ3) is 3.48. The average Bonchev–Trinajstić information content (AvgIpc) is 3.09. The summed E-state index contributed by atoms with van der Waals surface area (Å²) in [6, 6.07) is 1.26. The van der Waals surface area contributed by atoms with E-state index in [4.69, 9.17) is 5.73 Å². The number of sulfonamides is 1. The number of alkyl halides is 1. The molecule has 0 aliphatic carbocycles. The van der Waals surface area contributed by atoms with Crippen LogP contribution in [0, 0.1) is 5.92 Å². The lowest BCUT2D eigenvalue weighted by molar-refractivity contribution is 0.100. The maximum absolute atomic E-state index is 13.4. The van der Waals surface area contributed by atoms with Crippen molar-refractivity contribution in [1.82, 2.24) is 13.9 Å². The third-order valence-corrected chi connectivity index (χ3v) is 5.94. The van der Waals surface area contributed by atoms with Gasteiger partial charge in [-0.05, 0) is 22.0 Å². The van der Waals surface area contributed by atoms with Crippen LogP contribution in [0.15, 0.2) is 22.9 Å². The number of hydrogen-bond donors (Lipinski definition) is 2. The van der Waals surface area contributed by atoms with Crippen molar-refractivity contribution < 1.29 is 17.6 Å². The highest BCUT2D eigenvalue weighted by Gasteiger charge is 2.37. The number of aromatic nitrogens is 2. The Labute approximate surface area is 152 Å². The summed E-state index contributed by atoms with van der Waals surface area (Å²) in [5, 5.41) is 7.24. The molecule has 0 bridgehead atoms. The van der Waals surface area contributed by atoms with Gasteiger partial charge < -0.3 is 11.1 Å². The number of anilines is 1. The van der Waals surface area contributed by atoms with Gasteiger partial charge in [-0.2, -0.15) is 9.40 Å². The molecule has 136 valence electrons. The molecule has 3 heterocycles. The highest BCUT2D eigenvalue weighted by molar-refractivity contribution is 9.10. The number of rotatable bonds is 5. The third-order valence-electron chi connectivity index (χ3n) is 4.27. The van der Waals surface area contributed by atoms with Crippen LogP contribution in [0.4, 0.5) is 10.1 Å². The standard InChI is InChI=1S/C14H17BrFN5O3S/c1-25(23,24)20-5-8(3-16)11(7-20)19-13-10(14(17)22)4-18-21-6-9(15)2-12(13)21/h2,4,6,8,11,19H,3,5,7H2,1H3,(H2,17,22). The van der Waals surface area contributed by atoms with E-state index in [2.05, 4.69) is 26.3 Å². The summed E-state index contributed by atoms with van der Waals surface area (Å²) >= 11 is 3.34. The molecule has 0 aromatic carbocycles. The molecule has 2 unspecified atom stereocenters. The van der Waals surface area contributed by atoms with Crippen molar-refractivity contribution in [3.05, 3.63) is 28.5 Å². The van der Waals surface area contributed by atoms with Crippen molar-refractivity contribution in [3.63, 3.8) is 0 Å². The summed E-state index contributed by atoms with van der Waals surface area (Å²) in [7, 11) is -3.43. The smallest absolute Gasteiger partial charge is 0.252 e. The molecule has 3 rings (SSSR count). The fourth-order valence-corrected chi connectivity index (χ4v) is 4.28. The Morgan fingerprint density at radius 1 is 1.52 bits per heavy atom. The minimum absolute atomic E-state index is 0.0883. The van der Waals surface area contributed by atoms with Gasteiger partial charge in [0.15, 0.2) is 0 Å². The number of amides is 1. The molecular formula is C14H17BrFN5O3S. The van der Waals surface area contributed by atoms with Crippen LogP contribution in [0.3, 0.4) is 0 Å². The predicted molar refractivity (Wildman–Crippen MR) is 94.7 cm³/mol. The van der Waals surface area contributed by atoms with Crippen LogP contribution in [-0.4, -0.2) is 60.3 Å². The van der Waals surface area contributed by atoms with Gasteiger partial charge in [0, 0.05) is 35.7 Å². The molecule has 25 heavy (non-hydrogen) atoms. The molecule has 0 radical (unpaired) electrons. The Kier molecular flexibility index (Phi) is 4.73. The molecule has 3 N–H and O–H groups in total. The number of fused-ring (bicyclic) bond motifs is 1. The quantitative estimate of drug-likeness (QED) is 0.725. The van der Waals surface area contributed by atoms with E-state index in [1.54, 1.807) is 16.8 Å². The first-order chi connectivity index (χ1) is 11.7. The summed E-state index contributed by atoms with van der Waals surface area (Å²) in [5.41, 5.74) is 6.58. The van der Waals surface area contributed by atoms with E-state index < -0.39 is 34.6 Å². The van der Waals surface area contributed by atoms with Gasteiger partial charge in [0.2, 0.25) is 10.0 Å². The van der Waals surface area contributed by atoms with E-state index in [0.29, 0.717) is 11.2 Å². The fourth-order valence-electron chi connectivity index (χ4n) is 2.97. The molecule has 0 spiro atoms. The van der Waals surface area contributed by atoms with E-state index in [1.165, 1.54) is 10.5 Å². The summed E-state index contributed by atoms with van der Waals surface area (Å²) in [6.45, 7) is -0.478. The lowest BCUT2D eigenvalue weighted by Gasteiger charge is -2.21. The first-order valence-corrected chi connectivity index (χ1v) is 10.1. The van der Waals surface area contributed by atoms with Crippen molar-refractivity contribution in [2.24, 2.45) is 11.7 Å². The number of nitrogens with one attached hydrogen (secondary N) is 1. The lowest BCUT2D eigenvalue weighted by Crippen LogP contribution is -2.32. The molecule has 1 fully saturated rings. The largest absolute Gasteiger partial charge is 0.378 e. The van der Waals surface area contributed by atoms with Crippen LogP contribution >= 0.6 is 15.9 Å². The fraction of sp³-hybridized carbons (Fsp3) is 0.429. The molecule has 8 nitrogen and oxygen atoms in total. The summed E-state index contributed by atoms with van der Waals surface area (Å²) < 4.78 is 40.5. The van der Waals surface area contributed by atoms with Gasteiger partial charge in [0.25, 0.3) is 5.91 Å². The van der Waals surface area contributed by atoms with Crippen molar-refractivity contribution in [2.75, 3.05) is 31.3 Å². The zero-order chi connectivity index (χ0) is 18.4. The molecule has 2 aromatic heterocycles. The van der Waals surface area contributed by atoms with Crippen molar-refractivity contribution in [1.29, 1.82) is 0 Å². The second kappa shape index (κ2) is 6.54. The van der Waals surface area contributed by atoms with Crippen LogP contribution in [0.5, 0.6) is 0 Å². The van der Waals surface area contributed by atoms with E-state index in [0.717, 1.165) is 10.7 Å². The monoisotopic (exact) mass is 433 g/mol. The van der Waals surface area contributed by atoms with E-state index >= 15 is 0 Å². The first kappa shape index (κ1) is 18.1. The zero-order valence-corrected chi connectivity index (χ0v) is 15.7. The van der Waals surface area contributed by atoms with Crippen molar-refractivity contribution in [3.8, 4) is 0 Å². The Morgan fingerprint density at radius 3 is 2.84 bits per heavy atom. The number of nitrogens with zero attached hydrogens (tertiary/aromatic N) is 3. The minimum Gasteiger partial charge on any atom is -0.378 e. The van der Waals surface area contributed by atoms with E-state index in [9.17, 15) is 17.6 Å². The second-order valence-corrected chi connectivity index (χ2v) is 8.93. The van der Waals surface area contributed by atoms with Crippen LogP contribution < -0.4 is 11.1 Å². The number of nitrogens with two attached hydrogens (primary N) is 1. The minimum atomic E-state index is -3.43. The van der Waals surface area contributed by atoms with Crippen LogP contribution in [0.2, 0.25) is 0 Å². The highest BCUT2D eigenvalue weighted by atomic mass is 79.9. The van der Waals surface area contributed by atoms with Gasteiger partial charge in [0.1, 0.15) is 0 Å². The Bertz CT molecular complexity index is 932. The van der Waals surface area contributed by atoms with E-state index in [1.807, 2.05) is 0 Å². The zero-order valence-electron chi connectivity index (χ0n) is 13.3. The van der Waals surface area contributed by atoms with Crippen LogP contribution in [0.1, 0.15) is 10.4 Å². The Balaban J connectivity index is 2.01. The van der Waals surface area contributed by atoms with Crippen molar-refractivity contribution >= 4 is 43.1 Å². The molecule has 1 saturated heterocycles. The van der Waals surface area contributed by atoms with Gasteiger partial charge in [0.05, 0.1) is 35.9 Å². The maximum atomic E-state index is 13.4. The number of halogens is 2. The Hall–Kier alpha value is -1.72. The highest BCUT2D eigenvalue weighted by Crippen LogP contribution is 2.30. The van der Waals surface area contributed by atoms with Gasteiger partial charge in [-0.1, -0.05) is 0 Å². The van der Waals surface area contributed by atoms with Gasteiger partial charge in [-0.3, -0.25) is 9.18 Å².